The van der Waals surface area contributed by atoms with Gasteiger partial charge in [-0.15, -0.1) is 0 Å². The third kappa shape index (κ3) is 3.99. The first-order valence-electron chi connectivity index (χ1n) is 5.57. The quantitative estimate of drug-likeness (QED) is 0.584. The molecule has 0 amide bonds. The van der Waals surface area contributed by atoms with Gasteiger partial charge in [-0.3, -0.25) is 10.1 Å². The highest BCUT2D eigenvalue weighted by Gasteiger charge is 2.10. The highest BCUT2D eigenvalue weighted by atomic mass is 16.6. The van der Waals surface area contributed by atoms with Crippen LogP contribution in [0.1, 0.15) is 25.3 Å². The van der Waals surface area contributed by atoms with Crippen molar-refractivity contribution < 1.29 is 10.0 Å². The summed E-state index contributed by atoms with van der Waals surface area (Å²) < 4.78 is 0. The molecule has 17 heavy (non-hydrogen) atoms. The number of nitro groups is 1. The largest absolute Gasteiger partial charge is 0.391 e. The van der Waals surface area contributed by atoms with Gasteiger partial charge >= 0.3 is 0 Å². The summed E-state index contributed by atoms with van der Waals surface area (Å²) >= 11 is 0. The Morgan fingerprint density at radius 2 is 2.35 bits per heavy atom. The molecule has 0 aliphatic heterocycles. The van der Waals surface area contributed by atoms with E-state index in [1.807, 2.05) is 6.92 Å². The summed E-state index contributed by atoms with van der Waals surface area (Å²) in [5, 5.41) is 23.0. The monoisotopic (exact) mass is 239 g/mol. The lowest BCUT2D eigenvalue weighted by Gasteiger charge is -2.12. The van der Waals surface area contributed by atoms with Gasteiger partial charge in [0.1, 0.15) is 12.0 Å². The number of pyridine rings is 1. The number of aliphatic hydroxyl groups is 1. The van der Waals surface area contributed by atoms with E-state index in [2.05, 4.69) is 10.3 Å². The molecule has 0 aliphatic rings. The van der Waals surface area contributed by atoms with Gasteiger partial charge in [-0.1, -0.05) is 13.3 Å². The van der Waals surface area contributed by atoms with Crippen LogP contribution in [0, 0.1) is 17.0 Å². The van der Waals surface area contributed by atoms with Crippen LogP contribution in [0.4, 0.5) is 11.5 Å². The van der Waals surface area contributed by atoms with E-state index in [9.17, 15) is 15.2 Å². The number of anilines is 1. The van der Waals surface area contributed by atoms with E-state index < -0.39 is 11.0 Å². The van der Waals surface area contributed by atoms with Crippen molar-refractivity contribution in [2.24, 2.45) is 0 Å². The molecule has 1 atom stereocenters. The number of hydrogen-bond acceptors (Lipinski definition) is 5. The maximum absolute atomic E-state index is 10.5. The molecule has 1 rings (SSSR count). The van der Waals surface area contributed by atoms with Crippen molar-refractivity contribution in [3.63, 3.8) is 0 Å². The Morgan fingerprint density at radius 3 is 2.88 bits per heavy atom. The second kappa shape index (κ2) is 6.15. The number of rotatable bonds is 6. The van der Waals surface area contributed by atoms with E-state index in [1.165, 1.54) is 12.3 Å². The molecule has 0 radical (unpaired) electrons. The fraction of sp³-hybridized carbons (Fsp3) is 0.545. The van der Waals surface area contributed by atoms with Gasteiger partial charge < -0.3 is 10.4 Å². The minimum absolute atomic E-state index is 0.0258. The first-order valence-corrected chi connectivity index (χ1v) is 5.57. The van der Waals surface area contributed by atoms with Gasteiger partial charge in [0.25, 0.3) is 5.69 Å². The van der Waals surface area contributed by atoms with Crippen LogP contribution in [-0.2, 0) is 0 Å². The molecule has 0 fully saturated rings. The maximum atomic E-state index is 10.5. The molecule has 0 aliphatic carbocycles. The number of aryl methyl sites for hydroxylation is 1. The third-order valence-electron chi connectivity index (χ3n) is 2.40. The average molecular weight is 239 g/mol. The topological polar surface area (TPSA) is 88.3 Å². The average Bonchev–Trinajstić information content (AvgIpc) is 2.27. The fourth-order valence-corrected chi connectivity index (χ4v) is 1.49. The molecule has 1 heterocycles. The highest BCUT2D eigenvalue weighted by molar-refractivity contribution is 5.48. The summed E-state index contributed by atoms with van der Waals surface area (Å²) in [7, 11) is 0. The summed E-state index contributed by atoms with van der Waals surface area (Å²) in [5.74, 6) is 0.575. The van der Waals surface area contributed by atoms with E-state index in [1.54, 1.807) is 6.92 Å². The molecule has 0 saturated carbocycles. The van der Waals surface area contributed by atoms with Gasteiger partial charge in [0, 0.05) is 12.6 Å². The van der Waals surface area contributed by atoms with E-state index in [0.29, 0.717) is 17.9 Å². The van der Waals surface area contributed by atoms with Crippen molar-refractivity contribution in [3.05, 3.63) is 27.9 Å². The molecule has 6 heteroatoms. The molecule has 0 bridgehead atoms. The molecule has 0 saturated heterocycles. The number of aliphatic hydroxyl groups excluding tert-OH is 1. The van der Waals surface area contributed by atoms with Crippen LogP contribution in [0.2, 0.25) is 0 Å². The van der Waals surface area contributed by atoms with Crippen molar-refractivity contribution >= 4 is 11.5 Å². The molecular formula is C11H17N3O3. The Bertz CT molecular complexity index is 396. The molecule has 94 valence electrons. The predicted molar refractivity (Wildman–Crippen MR) is 65.0 cm³/mol. The summed E-state index contributed by atoms with van der Waals surface area (Å²) in [6.45, 7) is 4.15. The number of nitrogens with zero attached hydrogens (tertiary/aromatic N) is 2. The first kappa shape index (κ1) is 13.4. The van der Waals surface area contributed by atoms with Crippen molar-refractivity contribution in [2.45, 2.75) is 32.8 Å². The number of nitrogens with one attached hydrogen (secondary N) is 1. The Kier molecular flexibility index (Phi) is 4.84. The molecule has 1 aromatic heterocycles. The van der Waals surface area contributed by atoms with Gasteiger partial charge in [-0.2, -0.15) is 0 Å². The molecule has 0 aromatic carbocycles. The number of hydrogen-bond donors (Lipinski definition) is 2. The fourth-order valence-electron chi connectivity index (χ4n) is 1.49. The smallest absolute Gasteiger partial charge is 0.287 e. The van der Waals surface area contributed by atoms with Gasteiger partial charge in [0.2, 0.25) is 0 Å². The zero-order valence-electron chi connectivity index (χ0n) is 10.0. The van der Waals surface area contributed by atoms with Crippen molar-refractivity contribution in [3.8, 4) is 0 Å². The van der Waals surface area contributed by atoms with E-state index in [0.717, 1.165) is 12.8 Å². The Hall–Kier alpha value is -1.69. The zero-order valence-corrected chi connectivity index (χ0v) is 10.0. The molecular weight excluding hydrogens is 222 g/mol. The highest BCUT2D eigenvalue weighted by Crippen LogP contribution is 2.17. The Morgan fingerprint density at radius 1 is 1.65 bits per heavy atom. The lowest BCUT2D eigenvalue weighted by molar-refractivity contribution is -0.385. The minimum atomic E-state index is -0.476. The SMILES string of the molecule is CCCC(O)CNc1ncc([N+](=O)[O-])cc1C. The predicted octanol–water partition coefficient (Wildman–Crippen LogP) is 1.87. The molecule has 0 spiro atoms. The van der Waals surface area contributed by atoms with E-state index >= 15 is 0 Å². The zero-order chi connectivity index (χ0) is 12.8. The standard InChI is InChI=1S/C11H17N3O3/c1-3-4-10(15)7-13-11-8(2)5-9(6-12-11)14(16)17/h5-6,10,15H,3-4,7H2,1-2H3,(H,12,13). The third-order valence-corrected chi connectivity index (χ3v) is 2.40. The van der Waals surface area contributed by atoms with Gasteiger partial charge in [0.05, 0.1) is 11.0 Å². The van der Waals surface area contributed by atoms with Crippen molar-refractivity contribution in [1.82, 2.24) is 4.98 Å². The number of aromatic nitrogens is 1. The Balaban J connectivity index is 2.63. The van der Waals surface area contributed by atoms with Crippen LogP contribution in [0.25, 0.3) is 0 Å². The molecule has 1 aromatic rings. The van der Waals surface area contributed by atoms with Crippen LogP contribution in [0.3, 0.4) is 0 Å². The van der Waals surface area contributed by atoms with Gasteiger partial charge in [-0.25, -0.2) is 4.98 Å². The van der Waals surface area contributed by atoms with Gasteiger partial charge in [-0.05, 0) is 18.9 Å². The van der Waals surface area contributed by atoms with E-state index in [4.69, 9.17) is 0 Å². The molecule has 1 unspecified atom stereocenters. The lowest BCUT2D eigenvalue weighted by Crippen LogP contribution is -2.20. The maximum Gasteiger partial charge on any atom is 0.287 e. The minimum Gasteiger partial charge on any atom is -0.391 e. The second-order valence-corrected chi connectivity index (χ2v) is 3.94. The summed E-state index contributed by atoms with van der Waals surface area (Å²) in [6.07, 6.45) is 2.42. The van der Waals surface area contributed by atoms with Crippen molar-refractivity contribution in [1.29, 1.82) is 0 Å². The summed E-state index contributed by atoms with van der Waals surface area (Å²) in [4.78, 5) is 14.0. The second-order valence-electron chi connectivity index (χ2n) is 3.94. The van der Waals surface area contributed by atoms with Crippen LogP contribution < -0.4 is 5.32 Å². The molecule has 6 nitrogen and oxygen atoms in total. The van der Waals surface area contributed by atoms with Crippen LogP contribution in [0.15, 0.2) is 12.3 Å². The lowest BCUT2D eigenvalue weighted by atomic mass is 10.2. The normalized spacial score (nSPS) is 12.2. The van der Waals surface area contributed by atoms with E-state index in [-0.39, 0.29) is 5.69 Å². The molecule has 2 N–H and O–H groups in total. The van der Waals surface area contributed by atoms with Crippen LogP contribution in [0.5, 0.6) is 0 Å². The van der Waals surface area contributed by atoms with Crippen LogP contribution in [-0.4, -0.2) is 27.7 Å². The summed E-state index contributed by atoms with van der Waals surface area (Å²) in [5.41, 5.74) is 0.671. The van der Waals surface area contributed by atoms with Crippen molar-refractivity contribution in [2.75, 3.05) is 11.9 Å². The van der Waals surface area contributed by atoms with Crippen LogP contribution >= 0.6 is 0 Å². The Labute approximate surface area is 99.8 Å². The first-order chi connectivity index (χ1) is 8.04. The summed E-state index contributed by atoms with van der Waals surface area (Å²) in [6, 6.07) is 1.46. The van der Waals surface area contributed by atoms with Gasteiger partial charge in [0.15, 0.2) is 0 Å².